The Kier molecular flexibility index (Phi) is 5.24. The maximum atomic E-state index is 12.7. The number of H-pyrrole nitrogens is 1. The molecule has 0 radical (unpaired) electrons. The molecule has 1 atom stereocenters. The van der Waals surface area contributed by atoms with E-state index in [1.165, 1.54) is 12.8 Å². The molecule has 3 aromatic rings. The van der Waals surface area contributed by atoms with Crippen molar-refractivity contribution in [1.82, 2.24) is 10.3 Å². The summed E-state index contributed by atoms with van der Waals surface area (Å²) >= 11 is 0. The third-order valence-electron chi connectivity index (χ3n) is 5.58. The molecule has 1 aliphatic rings. The highest BCUT2D eigenvalue weighted by Gasteiger charge is 2.34. The van der Waals surface area contributed by atoms with E-state index in [1.54, 1.807) is 14.2 Å². The van der Waals surface area contributed by atoms with Gasteiger partial charge < -0.3 is 19.8 Å². The molecule has 2 aromatic carbocycles. The van der Waals surface area contributed by atoms with Crippen LogP contribution in [0.3, 0.4) is 0 Å². The minimum atomic E-state index is 0.0805. The number of aromatic amines is 1. The lowest BCUT2D eigenvalue weighted by Gasteiger charge is -2.18. The van der Waals surface area contributed by atoms with E-state index in [1.807, 2.05) is 36.5 Å². The highest BCUT2D eigenvalue weighted by atomic mass is 16.5. The van der Waals surface area contributed by atoms with Crippen LogP contribution >= 0.6 is 0 Å². The van der Waals surface area contributed by atoms with Crippen LogP contribution in [0.4, 0.5) is 0 Å². The molecule has 1 aliphatic carbocycles. The summed E-state index contributed by atoms with van der Waals surface area (Å²) in [4.78, 5) is 15.9. The summed E-state index contributed by atoms with van der Waals surface area (Å²) in [7, 11) is 3.27. The molecule has 0 bridgehead atoms. The first-order valence-corrected chi connectivity index (χ1v) is 9.73. The first-order chi connectivity index (χ1) is 13.7. The maximum Gasteiger partial charge on any atom is 0.220 e. The summed E-state index contributed by atoms with van der Waals surface area (Å²) in [5, 5.41) is 4.25. The molecule has 0 spiro atoms. The minimum Gasteiger partial charge on any atom is -0.493 e. The highest BCUT2D eigenvalue weighted by molar-refractivity contribution is 5.84. The van der Waals surface area contributed by atoms with Gasteiger partial charge in [0.1, 0.15) is 0 Å². The molecule has 4 rings (SSSR count). The van der Waals surface area contributed by atoms with Gasteiger partial charge in [0.2, 0.25) is 5.91 Å². The largest absolute Gasteiger partial charge is 0.493 e. The number of amides is 1. The van der Waals surface area contributed by atoms with Crippen molar-refractivity contribution in [3.8, 4) is 11.5 Å². The lowest BCUT2D eigenvalue weighted by atomic mass is 9.90. The van der Waals surface area contributed by atoms with Crippen LogP contribution in [0.15, 0.2) is 48.7 Å². The van der Waals surface area contributed by atoms with Crippen molar-refractivity contribution in [2.75, 3.05) is 14.2 Å². The molecule has 1 unspecified atom stereocenters. The number of para-hydroxylation sites is 1. The number of benzene rings is 2. The maximum absolute atomic E-state index is 12.7. The number of fused-ring (bicyclic) bond motifs is 1. The van der Waals surface area contributed by atoms with Gasteiger partial charge in [-0.25, -0.2) is 0 Å². The third-order valence-corrected chi connectivity index (χ3v) is 5.58. The van der Waals surface area contributed by atoms with E-state index < -0.39 is 0 Å². The standard InChI is InChI=1S/C23H26N2O3/c1-27-21-10-9-16(11-22(21)28-2)19(15-7-8-15)12-23(26)25-14-17-13-24-20-6-4-3-5-18(17)20/h3-6,9-11,13,15,19,24H,7-8,12,14H2,1-2H3,(H,25,26). The molecule has 146 valence electrons. The number of nitrogens with one attached hydrogen (secondary N) is 2. The highest BCUT2D eigenvalue weighted by Crippen LogP contribution is 2.46. The topological polar surface area (TPSA) is 63.3 Å². The number of aromatic nitrogens is 1. The number of carbonyl (C=O) groups is 1. The second-order valence-electron chi connectivity index (χ2n) is 7.40. The molecule has 5 heteroatoms. The minimum absolute atomic E-state index is 0.0805. The van der Waals surface area contributed by atoms with Gasteiger partial charge in [-0.05, 0) is 54.0 Å². The number of ether oxygens (including phenoxy) is 2. The fourth-order valence-corrected chi connectivity index (χ4v) is 3.88. The number of methoxy groups -OCH3 is 2. The molecule has 28 heavy (non-hydrogen) atoms. The van der Waals surface area contributed by atoms with Crippen molar-refractivity contribution in [2.24, 2.45) is 5.92 Å². The fraction of sp³-hybridized carbons (Fsp3) is 0.348. The first-order valence-electron chi connectivity index (χ1n) is 9.73. The molecule has 5 nitrogen and oxygen atoms in total. The monoisotopic (exact) mass is 378 g/mol. The Balaban J connectivity index is 1.44. The molecular weight excluding hydrogens is 352 g/mol. The van der Waals surface area contributed by atoms with Crippen molar-refractivity contribution in [3.63, 3.8) is 0 Å². The van der Waals surface area contributed by atoms with Crippen LogP contribution < -0.4 is 14.8 Å². The van der Waals surface area contributed by atoms with Gasteiger partial charge in [0.05, 0.1) is 14.2 Å². The summed E-state index contributed by atoms with van der Waals surface area (Å²) in [6.07, 6.45) is 4.81. The summed E-state index contributed by atoms with van der Waals surface area (Å²) in [6, 6.07) is 14.1. The molecule has 1 saturated carbocycles. The van der Waals surface area contributed by atoms with Crippen LogP contribution in [0, 0.1) is 5.92 Å². The van der Waals surface area contributed by atoms with Gasteiger partial charge in [-0.15, -0.1) is 0 Å². The molecule has 1 fully saturated rings. The molecule has 1 aromatic heterocycles. The Labute approximate surface area is 165 Å². The van der Waals surface area contributed by atoms with E-state index in [4.69, 9.17) is 9.47 Å². The number of hydrogen-bond donors (Lipinski definition) is 2. The summed E-state index contributed by atoms with van der Waals surface area (Å²) in [5.74, 6) is 2.28. The Morgan fingerprint density at radius 2 is 1.93 bits per heavy atom. The van der Waals surface area contributed by atoms with Gasteiger partial charge in [-0.3, -0.25) is 4.79 Å². The first kappa shape index (κ1) is 18.4. The Morgan fingerprint density at radius 1 is 1.14 bits per heavy atom. The summed E-state index contributed by atoms with van der Waals surface area (Å²) < 4.78 is 10.8. The fourth-order valence-electron chi connectivity index (χ4n) is 3.88. The lowest BCUT2D eigenvalue weighted by Crippen LogP contribution is -2.25. The number of carbonyl (C=O) groups excluding carboxylic acids is 1. The zero-order valence-corrected chi connectivity index (χ0v) is 16.3. The van der Waals surface area contributed by atoms with Crippen molar-refractivity contribution < 1.29 is 14.3 Å². The Morgan fingerprint density at radius 3 is 2.68 bits per heavy atom. The lowest BCUT2D eigenvalue weighted by molar-refractivity contribution is -0.121. The number of rotatable bonds is 8. The van der Waals surface area contributed by atoms with Gasteiger partial charge in [-0.1, -0.05) is 24.3 Å². The van der Waals surface area contributed by atoms with Crippen LogP contribution in [-0.4, -0.2) is 25.1 Å². The Hall–Kier alpha value is -2.95. The smallest absolute Gasteiger partial charge is 0.220 e. The van der Waals surface area contributed by atoms with Crippen molar-refractivity contribution in [2.45, 2.75) is 31.7 Å². The van der Waals surface area contributed by atoms with Gasteiger partial charge in [0, 0.05) is 30.1 Å². The molecule has 2 N–H and O–H groups in total. The van der Waals surface area contributed by atoms with Crippen LogP contribution in [0.25, 0.3) is 10.9 Å². The summed E-state index contributed by atoms with van der Waals surface area (Å²) in [5.41, 5.74) is 3.34. The van der Waals surface area contributed by atoms with E-state index in [9.17, 15) is 4.79 Å². The third kappa shape index (κ3) is 3.84. The van der Waals surface area contributed by atoms with E-state index >= 15 is 0 Å². The predicted molar refractivity (Wildman–Crippen MR) is 110 cm³/mol. The van der Waals surface area contributed by atoms with Crippen molar-refractivity contribution in [3.05, 3.63) is 59.8 Å². The van der Waals surface area contributed by atoms with Crippen LogP contribution in [0.2, 0.25) is 0 Å². The average molecular weight is 378 g/mol. The van der Waals surface area contributed by atoms with Gasteiger partial charge in [0.25, 0.3) is 0 Å². The van der Waals surface area contributed by atoms with Crippen molar-refractivity contribution in [1.29, 1.82) is 0 Å². The average Bonchev–Trinajstić information content (AvgIpc) is 3.49. The van der Waals surface area contributed by atoms with Gasteiger partial charge >= 0.3 is 0 Å². The molecule has 1 heterocycles. The zero-order chi connectivity index (χ0) is 19.5. The van der Waals surface area contributed by atoms with E-state index in [0.29, 0.717) is 30.4 Å². The number of hydrogen-bond acceptors (Lipinski definition) is 3. The normalized spacial score (nSPS) is 14.6. The SMILES string of the molecule is COc1ccc(C(CC(=O)NCc2c[nH]c3ccccc23)C2CC2)cc1OC. The quantitative estimate of drug-likeness (QED) is 0.611. The molecule has 0 saturated heterocycles. The van der Waals surface area contributed by atoms with Gasteiger partial charge in [-0.2, -0.15) is 0 Å². The molecular formula is C23H26N2O3. The van der Waals surface area contributed by atoms with Crippen LogP contribution in [0.1, 0.15) is 36.3 Å². The van der Waals surface area contributed by atoms with Crippen LogP contribution in [0.5, 0.6) is 11.5 Å². The van der Waals surface area contributed by atoms with E-state index in [2.05, 4.69) is 22.4 Å². The zero-order valence-electron chi connectivity index (χ0n) is 16.3. The van der Waals surface area contributed by atoms with Gasteiger partial charge in [0.15, 0.2) is 11.5 Å². The second kappa shape index (κ2) is 7.97. The van der Waals surface area contributed by atoms with Crippen molar-refractivity contribution >= 4 is 16.8 Å². The summed E-state index contributed by atoms with van der Waals surface area (Å²) in [6.45, 7) is 0.534. The second-order valence-corrected chi connectivity index (χ2v) is 7.40. The Bertz CT molecular complexity index is 975. The molecule has 0 aliphatic heterocycles. The molecule has 1 amide bonds. The predicted octanol–water partition coefficient (Wildman–Crippen LogP) is 4.39. The van der Waals surface area contributed by atoms with Crippen LogP contribution in [-0.2, 0) is 11.3 Å². The van der Waals surface area contributed by atoms with E-state index in [-0.39, 0.29) is 11.8 Å². The van der Waals surface area contributed by atoms with E-state index in [0.717, 1.165) is 22.0 Å².